The summed E-state index contributed by atoms with van der Waals surface area (Å²) in [6.07, 6.45) is -6.42. The number of guanidine groups is 1. The van der Waals surface area contributed by atoms with Crippen LogP contribution in [0.1, 0.15) is 17.2 Å². The number of alkyl halides is 7. The lowest BCUT2D eigenvalue weighted by molar-refractivity contribution is -0.365. The highest BCUT2D eigenvalue weighted by Crippen LogP contribution is 2.54. The number of rotatable bonds is 2. The molecule has 4 nitrogen and oxygen atoms in total. The van der Waals surface area contributed by atoms with E-state index in [1.807, 2.05) is 0 Å². The Morgan fingerprint density at radius 1 is 1.12 bits per heavy atom. The lowest BCUT2D eigenvalue weighted by Gasteiger charge is -2.43. The first-order chi connectivity index (χ1) is 10.9. The Bertz CT molecular complexity index is 645. The van der Waals surface area contributed by atoms with Gasteiger partial charge >= 0.3 is 18.0 Å². The molecule has 24 heavy (non-hydrogen) atoms. The van der Waals surface area contributed by atoms with Crippen molar-refractivity contribution in [2.24, 2.45) is 10.9 Å². The maximum absolute atomic E-state index is 14.3. The standard InChI is InChI=1S/C13H12F7N3O/c14-11(15,12(16,17)13(18,19)20)9-8-4-2-1-3-7(8)5-6-23(9)10(21)22-24/h1-4,9,24H,5-6H2,(H2,21,22). The van der Waals surface area contributed by atoms with Crippen molar-refractivity contribution in [1.29, 1.82) is 0 Å². The normalized spacial score (nSPS) is 20.0. The summed E-state index contributed by atoms with van der Waals surface area (Å²) in [5.74, 6) is -12.9. The van der Waals surface area contributed by atoms with Crippen LogP contribution in [0.3, 0.4) is 0 Å². The summed E-state index contributed by atoms with van der Waals surface area (Å²) < 4.78 is 93.1. The third-order valence-corrected chi connectivity index (χ3v) is 3.80. The van der Waals surface area contributed by atoms with Crippen LogP contribution in [0.5, 0.6) is 0 Å². The molecule has 134 valence electrons. The van der Waals surface area contributed by atoms with Crippen molar-refractivity contribution in [2.75, 3.05) is 6.54 Å². The van der Waals surface area contributed by atoms with Crippen molar-refractivity contribution in [3.05, 3.63) is 35.4 Å². The van der Waals surface area contributed by atoms with Crippen LogP contribution in [-0.4, -0.2) is 40.6 Å². The zero-order valence-corrected chi connectivity index (χ0v) is 11.9. The van der Waals surface area contributed by atoms with E-state index in [-0.39, 0.29) is 12.0 Å². The average molecular weight is 359 g/mol. The van der Waals surface area contributed by atoms with E-state index in [4.69, 9.17) is 10.9 Å². The van der Waals surface area contributed by atoms with Gasteiger partial charge in [-0.3, -0.25) is 0 Å². The van der Waals surface area contributed by atoms with Crippen molar-refractivity contribution in [3.8, 4) is 0 Å². The zero-order valence-electron chi connectivity index (χ0n) is 11.9. The molecule has 2 rings (SSSR count). The highest BCUT2D eigenvalue weighted by molar-refractivity contribution is 5.78. The lowest BCUT2D eigenvalue weighted by Crippen LogP contribution is -2.61. The largest absolute Gasteiger partial charge is 0.459 e. The van der Waals surface area contributed by atoms with Crippen molar-refractivity contribution < 1.29 is 35.9 Å². The predicted molar refractivity (Wildman–Crippen MR) is 69.0 cm³/mol. The van der Waals surface area contributed by atoms with Crippen LogP contribution < -0.4 is 5.73 Å². The van der Waals surface area contributed by atoms with Gasteiger partial charge in [0.2, 0.25) is 5.96 Å². The van der Waals surface area contributed by atoms with Gasteiger partial charge < -0.3 is 15.8 Å². The molecule has 0 saturated carbocycles. The molecule has 0 radical (unpaired) electrons. The Balaban J connectivity index is 2.65. The molecule has 1 aromatic rings. The summed E-state index contributed by atoms with van der Waals surface area (Å²) in [7, 11) is 0. The molecule has 1 aliphatic rings. The number of benzene rings is 1. The average Bonchev–Trinajstić information content (AvgIpc) is 2.51. The molecule has 3 N–H and O–H groups in total. The number of oxime groups is 1. The van der Waals surface area contributed by atoms with Crippen molar-refractivity contribution in [3.63, 3.8) is 0 Å². The molecule has 0 bridgehead atoms. The molecule has 0 amide bonds. The summed E-state index contributed by atoms with van der Waals surface area (Å²) in [6, 6.07) is 2.28. The summed E-state index contributed by atoms with van der Waals surface area (Å²) in [5.41, 5.74) is 4.95. The quantitative estimate of drug-likeness (QED) is 0.280. The highest BCUT2D eigenvalue weighted by Gasteiger charge is 2.76. The van der Waals surface area contributed by atoms with Crippen molar-refractivity contribution >= 4 is 5.96 Å². The van der Waals surface area contributed by atoms with Gasteiger partial charge in [-0.05, 0) is 17.5 Å². The van der Waals surface area contributed by atoms with Crippen LogP contribution in [-0.2, 0) is 6.42 Å². The van der Waals surface area contributed by atoms with Gasteiger partial charge in [0.25, 0.3) is 0 Å². The van der Waals surface area contributed by atoms with E-state index in [0.717, 1.165) is 6.07 Å². The van der Waals surface area contributed by atoms with Crippen LogP contribution in [0.2, 0.25) is 0 Å². The predicted octanol–water partition coefficient (Wildman–Crippen LogP) is 3.12. The number of hydrogen-bond donors (Lipinski definition) is 2. The summed E-state index contributed by atoms with van der Waals surface area (Å²) >= 11 is 0. The molecule has 1 aliphatic heterocycles. The first-order valence-electron chi connectivity index (χ1n) is 6.59. The minimum atomic E-state index is -6.47. The fourth-order valence-corrected chi connectivity index (χ4v) is 2.62. The number of fused-ring (bicyclic) bond motifs is 1. The Morgan fingerprint density at radius 2 is 1.71 bits per heavy atom. The van der Waals surface area contributed by atoms with Gasteiger partial charge in [0.15, 0.2) is 0 Å². The molecule has 11 heteroatoms. The second-order valence-corrected chi connectivity index (χ2v) is 5.20. The SMILES string of the molecule is NC(=NO)N1CCc2ccccc2C1C(F)(F)C(F)(F)C(F)(F)F. The summed E-state index contributed by atoms with van der Waals surface area (Å²) in [4.78, 5) is 0.335. The van der Waals surface area contributed by atoms with E-state index in [9.17, 15) is 30.7 Å². The summed E-state index contributed by atoms with van der Waals surface area (Å²) in [5, 5.41) is 11.1. The number of hydrogen-bond acceptors (Lipinski definition) is 2. The first kappa shape index (κ1) is 18.1. The Kier molecular flexibility index (Phi) is 4.31. The van der Waals surface area contributed by atoms with Gasteiger partial charge in [-0.2, -0.15) is 30.7 Å². The van der Waals surface area contributed by atoms with E-state index in [0.29, 0.717) is 4.90 Å². The molecule has 0 aliphatic carbocycles. The lowest BCUT2D eigenvalue weighted by atomic mass is 9.86. The van der Waals surface area contributed by atoms with Crippen LogP contribution in [0.15, 0.2) is 29.4 Å². The number of nitrogens with zero attached hydrogens (tertiary/aromatic N) is 2. The van der Waals surface area contributed by atoms with Crippen molar-refractivity contribution in [1.82, 2.24) is 4.90 Å². The van der Waals surface area contributed by atoms with Gasteiger partial charge in [0.05, 0.1) is 0 Å². The molecule has 0 aromatic heterocycles. The fourth-order valence-electron chi connectivity index (χ4n) is 2.62. The molecule has 0 saturated heterocycles. The number of nitrogens with two attached hydrogens (primary N) is 1. The molecule has 1 aromatic carbocycles. The fraction of sp³-hybridized carbons (Fsp3) is 0.462. The molecule has 1 unspecified atom stereocenters. The maximum atomic E-state index is 14.3. The van der Waals surface area contributed by atoms with E-state index in [2.05, 4.69) is 5.16 Å². The number of halogens is 7. The second-order valence-electron chi connectivity index (χ2n) is 5.20. The maximum Gasteiger partial charge on any atom is 0.459 e. The topological polar surface area (TPSA) is 61.9 Å². The second kappa shape index (κ2) is 5.71. The van der Waals surface area contributed by atoms with E-state index >= 15 is 0 Å². The minimum Gasteiger partial charge on any atom is -0.408 e. The highest BCUT2D eigenvalue weighted by atomic mass is 19.4. The summed E-state index contributed by atoms with van der Waals surface area (Å²) in [6.45, 7) is -0.416. The van der Waals surface area contributed by atoms with Gasteiger partial charge in [-0.1, -0.05) is 29.4 Å². The van der Waals surface area contributed by atoms with Gasteiger partial charge in [-0.15, -0.1) is 0 Å². The van der Waals surface area contributed by atoms with Crippen LogP contribution in [0, 0.1) is 0 Å². The van der Waals surface area contributed by atoms with E-state index < -0.39 is 42.1 Å². The molecule has 0 spiro atoms. The zero-order chi connectivity index (χ0) is 18.3. The third kappa shape index (κ3) is 2.61. The Labute approximate surface area is 131 Å². The minimum absolute atomic E-state index is 0.0521. The molecular formula is C13H12F7N3O. The Morgan fingerprint density at radius 3 is 2.25 bits per heavy atom. The van der Waals surface area contributed by atoms with Gasteiger partial charge in [0, 0.05) is 6.54 Å². The van der Waals surface area contributed by atoms with Crippen LogP contribution >= 0.6 is 0 Å². The molecule has 1 heterocycles. The smallest absolute Gasteiger partial charge is 0.408 e. The third-order valence-electron chi connectivity index (χ3n) is 3.80. The van der Waals surface area contributed by atoms with Crippen LogP contribution in [0.4, 0.5) is 30.7 Å². The Hall–Kier alpha value is -2.20. The van der Waals surface area contributed by atoms with E-state index in [1.54, 1.807) is 0 Å². The molecule has 0 fully saturated rings. The van der Waals surface area contributed by atoms with Crippen LogP contribution in [0.25, 0.3) is 0 Å². The molecular weight excluding hydrogens is 347 g/mol. The van der Waals surface area contributed by atoms with Crippen molar-refractivity contribution in [2.45, 2.75) is 30.5 Å². The van der Waals surface area contributed by atoms with E-state index in [1.165, 1.54) is 18.2 Å². The molecule has 1 atom stereocenters. The van der Waals surface area contributed by atoms with Gasteiger partial charge in [-0.25, -0.2) is 0 Å². The first-order valence-corrected chi connectivity index (χ1v) is 6.59. The van der Waals surface area contributed by atoms with Gasteiger partial charge in [0.1, 0.15) is 6.04 Å². The monoisotopic (exact) mass is 359 g/mol.